The van der Waals surface area contributed by atoms with Crippen LogP contribution in [0.25, 0.3) is 0 Å². The molecule has 7 heteroatoms. The molecule has 1 aliphatic heterocycles. The van der Waals surface area contributed by atoms with Crippen molar-refractivity contribution in [3.8, 4) is 0 Å². The van der Waals surface area contributed by atoms with Crippen LogP contribution in [0, 0.1) is 11.2 Å². The number of hydrogen-bond acceptors (Lipinski definition) is 3. The maximum absolute atomic E-state index is 13.1. The summed E-state index contributed by atoms with van der Waals surface area (Å²) in [6.45, 7) is 0.488. The van der Waals surface area contributed by atoms with Gasteiger partial charge in [0.1, 0.15) is 5.82 Å². The highest BCUT2D eigenvalue weighted by Gasteiger charge is 2.39. The van der Waals surface area contributed by atoms with Gasteiger partial charge in [0.2, 0.25) is 10.0 Å². The normalized spacial score (nSPS) is 21.7. The van der Waals surface area contributed by atoms with Crippen LogP contribution in [0.1, 0.15) is 18.4 Å². The quantitative estimate of drug-likeness (QED) is 0.840. The van der Waals surface area contributed by atoms with Crippen molar-refractivity contribution in [1.82, 2.24) is 4.31 Å². The fourth-order valence-electron chi connectivity index (χ4n) is 3.53. The minimum atomic E-state index is -3.73. The van der Waals surface area contributed by atoms with Gasteiger partial charge in [0.25, 0.3) is 0 Å². The monoisotopic (exact) mass is 397 g/mol. The molecule has 0 saturated carbocycles. The van der Waals surface area contributed by atoms with E-state index in [1.807, 2.05) is 18.2 Å². The molecule has 0 aromatic heterocycles. The Bertz CT molecular complexity index is 873. The number of aliphatic hydroxyl groups is 1. The molecule has 1 atom stereocenters. The second-order valence-electron chi connectivity index (χ2n) is 6.86. The number of rotatable bonds is 5. The maximum Gasteiger partial charge on any atom is 0.243 e. The number of hydrogen-bond donors (Lipinski definition) is 1. The van der Waals surface area contributed by atoms with E-state index in [1.54, 1.807) is 6.07 Å². The van der Waals surface area contributed by atoms with Gasteiger partial charge in [0.15, 0.2) is 0 Å². The number of halogens is 2. The van der Waals surface area contributed by atoms with E-state index in [4.69, 9.17) is 11.6 Å². The highest BCUT2D eigenvalue weighted by Crippen LogP contribution is 2.36. The van der Waals surface area contributed by atoms with Crippen LogP contribution in [0.3, 0.4) is 0 Å². The molecule has 0 amide bonds. The van der Waals surface area contributed by atoms with Gasteiger partial charge in [-0.1, -0.05) is 23.7 Å². The number of sulfonamides is 1. The highest BCUT2D eigenvalue weighted by atomic mass is 35.5. The van der Waals surface area contributed by atoms with Gasteiger partial charge in [-0.25, -0.2) is 12.8 Å². The van der Waals surface area contributed by atoms with Gasteiger partial charge in [-0.2, -0.15) is 4.31 Å². The molecule has 2 aromatic rings. The van der Waals surface area contributed by atoms with Gasteiger partial charge in [-0.3, -0.25) is 0 Å². The van der Waals surface area contributed by atoms with Crippen molar-refractivity contribution < 1.29 is 17.9 Å². The predicted molar refractivity (Wildman–Crippen MR) is 99.1 cm³/mol. The van der Waals surface area contributed by atoms with E-state index in [1.165, 1.54) is 16.4 Å². The summed E-state index contributed by atoms with van der Waals surface area (Å²) in [6.07, 6.45) is 1.92. The van der Waals surface area contributed by atoms with Crippen molar-refractivity contribution in [1.29, 1.82) is 0 Å². The Morgan fingerprint density at radius 2 is 1.92 bits per heavy atom. The smallest absolute Gasteiger partial charge is 0.243 e. The Morgan fingerprint density at radius 1 is 1.19 bits per heavy atom. The van der Waals surface area contributed by atoms with Crippen LogP contribution in [-0.4, -0.2) is 37.5 Å². The molecule has 1 fully saturated rings. The second-order valence-corrected chi connectivity index (χ2v) is 9.24. The molecule has 1 aliphatic rings. The molecule has 26 heavy (non-hydrogen) atoms. The minimum absolute atomic E-state index is 0.0652. The van der Waals surface area contributed by atoms with Gasteiger partial charge in [-0.15, -0.1) is 0 Å². The Kier molecular flexibility index (Phi) is 5.67. The fraction of sp³-hybridized carbons (Fsp3) is 0.368. The molecule has 1 heterocycles. The molecule has 1 N–H and O–H groups in total. The van der Waals surface area contributed by atoms with Crippen molar-refractivity contribution in [3.63, 3.8) is 0 Å². The number of benzene rings is 2. The highest BCUT2D eigenvalue weighted by molar-refractivity contribution is 7.89. The van der Waals surface area contributed by atoms with Crippen LogP contribution in [0.15, 0.2) is 53.4 Å². The topological polar surface area (TPSA) is 57.6 Å². The first-order valence-electron chi connectivity index (χ1n) is 8.46. The van der Waals surface area contributed by atoms with Gasteiger partial charge in [-0.05, 0) is 61.2 Å². The molecule has 3 rings (SSSR count). The molecule has 0 unspecified atom stereocenters. The average Bonchev–Trinajstić information content (AvgIpc) is 2.62. The van der Waals surface area contributed by atoms with E-state index in [-0.39, 0.29) is 18.0 Å². The predicted octanol–water partition coefficient (Wildman–Crippen LogP) is 3.49. The maximum atomic E-state index is 13.1. The third kappa shape index (κ3) is 4.09. The van der Waals surface area contributed by atoms with E-state index < -0.39 is 21.3 Å². The summed E-state index contributed by atoms with van der Waals surface area (Å²) >= 11 is 6.05. The van der Waals surface area contributed by atoms with Crippen LogP contribution >= 0.6 is 11.6 Å². The minimum Gasteiger partial charge on any atom is -0.396 e. The van der Waals surface area contributed by atoms with Crippen molar-refractivity contribution in [2.45, 2.75) is 24.2 Å². The Labute approximate surface area is 158 Å². The second kappa shape index (κ2) is 7.64. The van der Waals surface area contributed by atoms with Gasteiger partial charge >= 0.3 is 0 Å². The van der Waals surface area contributed by atoms with E-state index in [0.717, 1.165) is 24.1 Å². The van der Waals surface area contributed by atoms with Gasteiger partial charge in [0.05, 0.1) is 11.5 Å². The standard InChI is InChI=1S/C19H21ClFNO3S/c20-16-4-1-3-15(11-16)12-19(14-23)9-2-10-22(13-19)26(24,25)18-7-5-17(21)6-8-18/h1,3-8,11,23H,2,9-10,12-14H2/t19-/m1/s1. The average molecular weight is 398 g/mol. The summed E-state index contributed by atoms with van der Waals surface area (Å²) in [5.41, 5.74) is 0.406. The van der Waals surface area contributed by atoms with E-state index in [0.29, 0.717) is 24.4 Å². The molecular formula is C19H21ClFNO3S. The van der Waals surface area contributed by atoms with Gasteiger partial charge < -0.3 is 5.11 Å². The first kappa shape index (κ1) is 19.3. The summed E-state index contributed by atoms with van der Waals surface area (Å²) < 4.78 is 40.3. The zero-order valence-corrected chi connectivity index (χ0v) is 15.8. The molecular weight excluding hydrogens is 377 g/mol. The lowest BCUT2D eigenvalue weighted by atomic mass is 9.76. The largest absolute Gasteiger partial charge is 0.396 e. The summed E-state index contributed by atoms with van der Waals surface area (Å²) in [5.74, 6) is -0.478. The van der Waals surface area contributed by atoms with Crippen LogP contribution in [0.4, 0.5) is 4.39 Å². The van der Waals surface area contributed by atoms with E-state index in [9.17, 15) is 17.9 Å². The Balaban J connectivity index is 1.85. The third-order valence-corrected chi connectivity index (χ3v) is 6.98. The summed E-state index contributed by atoms with van der Waals surface area (Å²) in [5, 5.41) is 10.7. The Hall–Kier alpha value is -1.47. The first-order chi connectivity index (χ1) is 12.3. The molecule has 140 valence electrons. The first-order valence-corrected chi connectivity index (χ1v) is 10.3. The van der Waals surface area contributed by atoms with Crippen molar-refractivity contribution in [3.05, 3.63) is 64.9 Å². The molecule has 0 aliphatic carbocycles. The number of aliphatic hydroxyl groups excluding tert-OH is 1. The Morgan fingerprint density at radius 3 is 2.58 bits per heavy atom. The fourth-order valence-corrected chi connectivity index (χ4v) is 5.34. The van der Waals surface area contributed by atoms with Crippen molar-refractivity contribution in [2.24, 2.45) is 5.41 Å². The van der Waals surface area contributed by atoms with Gasteiger partial charge in [0, 0.05) is 23.5 Å². The van der Waals surface area contributed by atoms with Crippen LogP contribution in [-0.2, 0) is 16.4 Å². The van der Waals surface area contributed by atoms with Crippen LogP contribution in [0.5, 0.6) is 0 Å². The van der Waals surface area contributed by atoms with Crippen LogP contribution in [0.2, 0.25) is 5.02 Å². The summed E-state index contributed by atoms with van der Waals surface area (Å²) in [7, 11) is -3.73. The third-order valence-electron chi connectivity index (χ3n) is 4.88. The zero-order valence-electron chi connectivity index (χ0n) is 14.2. The molecule has 2 aromatic carbocycles. The zero-order chi connectivity index (χ0) is 18.8. The molecule has 0 bridgehead atoms. The lowest BCUT2D eigenvalue weighted by Gasteiger charge is -2.41. The van der Waals surface area contributed by atoms with Crippen molar-refractivity contribution >= 4 is 21.6 Å². The summed E-state index contributed by atoms with van der Waals surface area (Å²) in [4.78, 5) is 0.0652. The molecule has 1 saturated heterocycles. The summed E-state index contributed by atoms with van der Waals surface area (Å²) in [6, 6.07) is 12.2. The number of piperidine rings is 1. The lowest BCUT2D eigenvalue weighted by Crippen LogP contribution is -2.48. The number of nitrogens with zero attached hydrogens (tertiary/aromatic N) is 1. The van der Waals surface area contributed by atoms with E-state index >= 15 is 0 Å². The van der Waals surface area contributed by atoms with E-state index in [2.05, 4.69) is 0 Å². The SMILES string of the molecule is O=S(=O)(c1ccc(F)cc1)N1CCC[C@@](CO)(Cc2cccc(Cl)c2)C1. The lowest BCUT2D eigenvalue weighted by molar-refractivity contribution is 0.0645. The van der Waals surface area contributed by atoms with Crippen molar-refractivity contribution in [2.75, 3.05) is 19.7 Å². The van der Waals surface area contributed by atoms with Crippen LogP contribution < -0.4 is 0 Å². The molecule has 0 radical (unpaired) electrons. The molecule has 4 nitrogen and oxygen atoms in total. The molecule has 0 spiro atoms.